The Balaban J connectivity index is 2.83. The number of nitrogens with two attached hydrogens (primary N) is 2. The topological polar surface area (TPSA) is 76.8 Å². The van der Waals surface area contributed by atoms with Crippen molar-refractivity contribution in [3.05, 3.63) is 33.8 Å². The van der Waals surface area contributed by atoms with Crippen LogP contribution in [0.1, 0.15) is 11.1 Å². The summed E-state index contributed by atoms with van der Waals surface area (Å²) in [6.07, 6.45) is 1.60. The standard InChI is InChI=1S/C9H11BrN4/c1-6-4-7(2-3-8(6)10)5-13-14-9(11)12/h2-5H,1H3,(H4,11,12,14). The van der Waals surface area contributed by atoms with Crippen LogP contribution in [0.25, 0.3) is 0 Å². The predicted octanol–water partition coefficient (Wildman–Crippen LogP) is 1.36. The van der Waals surface area contributed by atoms with Crippen LogP contribution in [0, 0.1) is 6.92 Å². The van der Waals surface area contributed by atoms with Gasteiger partial charge in [0.2, 0.25) is 5.96 Å². The van der Waals surface area contributed by atoms with Crippen LogP contribution >= 0.6 is 15.9 Å². The lowest BCUT2D eigenvalue weighted by molar-refractivity contribution is 1.21. The van der Waals surface area contributed by atoms with E-state index in [0.717, 1.165) is 15.6 Å². The minimum Gasteiger partial charge on any atom is -0.369 e. The maximum Gasteiger partial charge on any atom is 0.211 e. The molecule has 4 N–H and O–H groups in total. The van der Waals surface area contributed by atoms with E-state index in [1.165, 1.54) is 0 Å². The fraction of sp³-hybridized carbons (Fsp3) is 0.111. The van der Waals surface area contributed by atoms with Gasteiger partial charge >= 0.3 is 0 Å². The van der Waals surface area contributed by atoms with Crippen LogP contribution in [0.15, 0.2) is 32.9 Å². The zero-order valence-electron chi connectivity index (χ0n) is 7.74. The van der Waals surface area contributed by atoms with Crippen LogP contribution in [0.2, 0.25) is 0 Å². The molecule has 0 amide bonds. The van der Waals surface area contributed by atoms with E-state index in [2.05, 4.69) is 26.1 Å². The fourth-order valence-electron chi connectivity index (χ4n) is 0.910. The monoisotopic (exact) mass is 254 g/mol. The Morgan fingerprint density at radius 2 is 2.14 bits per heavy atom. The lowest BCUT2D eigenvalue weighted by Crippen LogP contribution is -2.21. The van der Waals surface area contributed by atoms with Gasteiger partial charge in [0.25, 0.3) is 0 Å². The third-order valence-corrected chi connectivity index (χ3v) is 2.45. The van der Waals surface area contributed by atoms with Crippen LogP contribution in [0.5, 0.6) is 0 Å². The van der Waals surface area contributed by atoms with Gasteiger partial charge in [-0.05, 0) is 30.2 Å². The quantitative estimate of drug-likeness (QED) is 0.475. The van der Waals surface area contributed by atoms with Gasteiger partial charge < -0.3 is 11.5 Å². The Morgan fingerprint density at radius 3 is 2.71 bits per heavy atom. The molecule has 0 unspecified atom stereocenters. The third-order valence-electron chi connectivity index (χ3n) is 1.56. The van der Waals surface area contributed by atoms with Crippen molar-refractivity contribution in [2.45, 2.75) is 6.92 Å². The van der Waals surface area contributed by atoms with Gasteiger partial charge in [0.1, 0.15) is 0 Å². The number of benzene rings is 1. The maximum atomic E-state index is 5.12. The summed E-state index contributed by atoms with van der Waals surface area (Å²) in [7, 11) is 0. The zero-order chi connectivity index (χ0) is 10.6. The Bertz CT molecular complexity index is 380. The third kappa shape index (κ3) is 3.18. The molecule has 0 saturated heterocycles. The van der Waals surface area contributed by atoms with Crippen molar-refractivity contribution in [3.8, 4) is 0 Å². The van der Waals surface area contributed by atoms with Gasteiger partial charge in [-0.3, -0.25) is 0 Å². The number of halogens is 1. The molecule has 1 rings (SSSR count). The molecule has 0 aliphatic heterocycles. The highest BCUT2D eigenvalue weighted by Gasteiger charge is 1.94. The second-order valence-electron chi connectivity index (χ2n) is 2.78. The highest BCUT2D eigenvalue weighted by atomic mass is 79.9. The summed E-state index contributed by atoms with van der Waals surface area (Å²) in [6.45, 7) is 2.00. The second kappa shape index (κ2) is 4.76. The zero-order valence-corrected chi connectivity index (χ0v) is 9.32. The number of hydrogen-bond acceptors (Lipinski definition) is 2. The van der Waals surface area contributed by atoms with E-state index in [9.17, 15) is 0 Å². The molecule has 0 aliphatic rings. The highest BCUT2D eigenvalue weighted by molar-refractivity contribution is 9.10. The average molecular weight is 255 g/mol. The molecule has 0 radical (unpaired) electrons. The smallest absolute Gasteiger partial charge is 0.211 e. The van der Waals surface area contributed by atoms with Gasteiger partial charge in [0, 0.05) is 4.47 Å². The first kappa shape index (κ1) is 10.7. The molecule has 0 heterocycles. The molecular weight excluding hydrogens is 244 g/mol. The Kier molecular flexibility index (Phi) is 3.64. The molecule has 0 spiro atoms. The van der Waals surface area contributed by atoms with E-state index in [-0.39, 0.29) is 5.96 Å². The average Bonchev–Trinajstić information content (AvgIpc) is 2.10. The summed E-state index contributed by atoms with van der Waals surface area (Å²) in [4.78, 5) is 0. The Hall–Kier alpha value is -1.36. The lowest BCUT2D eigenvalue weighted by Gasteiger charge is -1.97. The summed E-state index contributed by atoms with van der Waals surface area (Å²) < 4.78 is 1.07. The lowest BCUT2D eigenvalue weighted by atomic mass is 10.2. The van der Waals surface area contributed by atoms with Crippen molar-refractivity contribution in [2.75, 3.05) is 0 Å². The molecule has 74 valence electrons. The molecule has 0 fully saturated rings. The highest BCUT2D eigenvalue weighted by Crippen LogP contribution is 2.15. The van der Waals surface area contributed by atoms with Crippen molar-refractivity contribution in [2.24, 2.45) is 21.7 Å². The van der Waals surface area contributed by atoms with Crippen LogP contribution in [-0.4, -0.2) is 12.2 Å². The molecule has 0 aromatic heterocycles. The molecular formula is C9H11BrN4. The SMILES string of the molecule is Cc1cc(C=NN=C(N)N)ccc1Br. The molecule has 0 aliphatic carbocycles. The predicted molar refractivity (Wildman–Crippen MR) is 62.3 cm³/mol. The minimum absolute atomic E-state index is 0.0462. The molecule has 1 aromatic carbocycles. The van der Waals surface area contributed by atoms with Gasteiger partial charge in [-0.15, -0.1) is 5.10 Å². The van der Waals surface area contributed by atoms with Crippen molar-refractivity contribution in [3.63, 3.8) is 0 Å². The Morgan fingerprint density at radius 1 is 1.43 bits per heavy atom. The molecule has 14 heavy (non-hydrogen) atoms. The van der Waals surface area contributed by atoms with Crippen LogP contribution in [0.3, 0.4) is 0 Å². The van der Waals surface area contributed by atoms with E-state index in [1.54, 1.807) is 6.21 Å². The number of hydrogen-bond donors (Lipinski definition) is 2. The van der Waals surface area contributed by atoms with Gasteiger partial charge in [0.05, 0.1) is 6.21 Å². The van der Waals surface area contributed by atoms with Gasteiger partial charge in [-0.2, -0.15) is 5.10 Å². The van der Waals surface area contributed by atoms with Crippen molar-refractivity contribution in [1.82, 2.24) is 0 Å². The van der Waals surface area contributed by atoms with Crippen molar-refractivity contribution in [1.29, 1.82) is 0 Å². The van der Waals surface area contributed by atoms with Crippen LogP contribution < -0.4 is 11.5 Å². The van der Waals surface area contributed by atoms with Crippen molar-refractivity contribution < 1.29 is 0 Å². The van der Waals surface area contributed by atoms with E-state index in [1.807, 2.05) is 25.1 Å². The van der Waals surface area contributed by atoms with Crippen LogP contribution in [-0.2, 0) is 0 Å². The maximum absolute atomic E-state index is 5.12. The summed E-state index contributed by atoms with van der Waals surface area (Å²) in [5, 5.41) is 7.21. The van der Waals surface area contributed by atoms with Gasteiger partial charge in [0.15, 0.2) is 0 Å². The molecule has 5 heteroatoms. The van der Waals surface area contributed by atoms with E-state index >= 15 is 0 Å². The first-order valence-electron chi connectivity index (χ1n) is 3.97. The number of nitrogens with zero attached hydrogens (tertiary/aromatic N) is 2. The number of rotatable bonds is 2. The fourth-order valence-corrected chi connectivity index (χ4v) is 1.16. The number of guanidine groups is 1. The summed E-state index contributed by atoms with van der Waals surface area (Å²) in [5.74, 6) is -0.0462. The summed E-state index contributed by atoms with van der Waals surface area (Å²) in [5.41, 5.74) is 12.3. The Labute approximate surface area is 90.8 Å². The first-order chi connectivity index (χ1) is 6.59. The van der Waals surface area contributed by atoms with Gasteiger partial charge in [-0.1, -0.05) is 22.0 Å². The van der Waals surface area contributed by atoms with Crippen molar-refractivity contribution >= 4 is 28.1 Å². The first-order valence-corrected chi connectivity index (χ1v) is 4.77. The van der Waals surface area contributed by atoms with Gasteiger partial charge in [-0.25, -0.2) is 0 Å². The normalized spacial score (nSPS) is 10.4. The molecule has 0 saturated carbocycles. The number of aryl methyl sites for hydroxylation is 1. The van der Waals surface area contributed by atoms with Crippen LogP contribution in [0.4, 0.5) is 0 Å². The van der Waals surface area contributed by atoms with E-state index in [0.29, 0.717) is 0 Å². The molecule has 4 nitrogen and oxygen atoms in total. The molecule has 1 aromatic rings. The summed E-state index contributed by atoms with van der Waals surface area (Å²) in [6, 6.07) is 5.85. The molecule has 0 bridgehead atoms. The summed E-state index contributed by atoms with van der Waals surface area (Å²) >= 11 is 3.41. The van der Waals surface area contributed by atoms with E-state index in [4.69, 9.17) is 11.5 Å². The van der Waals surface area contributed by atoms with E-state index < -0.39 is 0 Å². The largest absolute Gasteiger partial charge is 0.369 e. The second-order valence-corrected chi connectivity index (χ2v) is 3.63. The minimum atomic E-state index is -0.0462. The molecule has 0 atom stereocenters.